The normalized spacial score (nSPS) is 15.3. The highest BCUT2D eigenvalue weighted by Gasteiger charge is 2.32. The van der Waals surface area contributed by atoms with E-state index in [1.165, 1.54) is 21.7 Å². The van der Waals surface area contributed by atoms with Crippen molar-refractivity contribution in [1.29, 1.82) is 5.26 Å². The summed E-state index contributed by atoms with van der Waals surface area (Å²) in [6.45, 7) is 0.113. The zero-order chi connectivity index (χ0) is 23.6. The lowest BCUT2D eigenvalue weighted by Gasteiger charge is -2.27. The van der Waals surface area contributed by atoms with Crippen LogP contribution < -0.4 is 10.4 Å². The highest BCUT2D eigenvalue weighted by atomic mass is 19.1. The van der Waals surface area contributed by atoms with E-state index in [0.29, 0.717) is 22.1 Å². The first-order chi connectivity index (χ1) is 16.5. The number of nitrogens with zero attached hydrogens (tertiary/aromatic N) is 7. The molecule has 0 fully saturated rings. The van der Waals surface area contributed by atoms with E-state index in [1.54, 1.807) is 29.8 Å². The van der Waals surface area contributed by atoms with Crippen LogP contribution >= 0.6 is 0 Å². The molecule has 1 aliphatic heterocycles. The average Bonchev–Trinajstić information content (AvgIpc) is 3.39. The molecule has 6 rings (SSSR count). The van der Waals surface area contributed by atoms with Gasteiger partial charge >= 0.3 is 5.69 Å². The monoisotopic (exact) mass is 459 g/mol. The number of rotatable bonds is 2. The van der Waals surface area contributed by atoms with Gasteiger partial charge in [0.25, 0.3) is 0 Å². The van der Waals surface area contributed by atoms with Crippen molar-refractivity contribution in [2.75, 3.05) is 6.61 Å². The summed E-state index contributed by atoms with van der Waals surface area (Å²) in [7, 11) is 1.57. The van der Waals surface area contributed by atoms with Crippen LogP contribution in [0.1, 0.15) is 23.6 Å². The van der Waals surface area contributed by atoms with Gasteiger partial charge in [-0.3, -0.25) is 13.7 Å². The summed E-state index contributed by atoms with van der Waals surface area (Å²) in [6, 6.07) is 8.35. The van der Waals surface area contributed by atoms with Crippen molar-refractivity contribution in [1.82, 2.24) is 28.7 Å². The van der Waals surface area contributed by atoms with Crippen LogP contribution in [0.25, 0.3) is 28.1 Å². The Bertz CT molecular complexity index is 1730. The molecule has 0 spiro atoms. The zero-order valence-corrected chi connectivity index (χ0v) is 17.7. The molecule has 5 aromatic rings. The lowest BCUT2D eigenvalue weighted by Crippen LogP contribution is -2.31. The summed E-state index contributed by atoms with van der Waals surface area (Å²) in [5, 5.41) is 9.25. The minimum Gasteiger partial charge on any atom is -0.490 e. The topological polar surface area (TPSA) is 104 Å². The van der Waals surface area contributed by atoms with Crippen molar-refractivity contribution in [2.24, 2.45) is 7.05 Å². The van der Waals surface area contributed by atoms with Crippen molar-refractivity contribution in [3.63, 3.8) is 0 Å². The molecule has 3 aromatic heterocycles. The van der Waals surface area contributed by atoms with E-state index in [4.69, 9.17) is 4.74 Å². The predicted octanol–water partition coefficient (Wildman–Crippen LogP) is 2.99. The highest BCUT2D eigenvalue weighted by molar-refractivity contribution is 5.79. The summed E-state index contributed by atoms with van der Waals surface area (Å²) in [5.41, 5.74) is 1.94. The molecule has 0 aliphatic carbocycles. The standard InChI is InChI=1S/C23H15F2N7O2/c1-30-18-10-27-22(31-11-28-15-5-2-12(9-26)8-17(15)31)29-21(18)32(23(30)33)16-6-7-34-20-14(25)4-3-13(24)19(16)20/h2-5,8,10-11,16H,6-7H2,1H3/t16-/m1/s1. The number of hydrogen-bond donors (Lipinski definition) is 0. The molecule has 9 nitrogen and oxygen atoms in total. The van der Waals surface area contributed by atoms with E-state index in [2.05, 4.69) is 21.0 Å². The quantitative estimate of drug-likeness (QED) is 0.402. The first-order valence-corrected chi connectivity index (χ1v) is 10.4. The average molecular weight is 459 g/mol. The van der Waals surface area contributed by atoms with Crippen LogP contribution in [0.3, 0.4) is 0 Å². The number of imidazole rings is 2. The fourth-order valence-electron chi connectivity index (χ4n) is 4.44. The molecule has 0 saturated carbocycles. The summed E-state index contributed by atoms with van der Waals surface area (Å²) >= 11 is 0. The van der Waals surface area contributed by atoms with Gasteiger partial charge in [0.2, 0.25) is 5.95 Å². The smallest absolute Gasteiger partial charge is 0.330 e. The zero-order valence-electron chi connectivity index (χ0n) is 17.7. The van der Waals surface area contributed by atoms with Gasteiger partial charge in [0.1, 0.15) is 17.7 Å². The molecular formula is C23H15F2N7O2. The molecule has 1 aliphatic rings. The Kier molecular flexibility index (Phi) is 4.25. The number of halogens is 2. The van der Waals surface area contributed by atoms with Gasteiger partial charge in [-0.05, 0) is 30.3 Å². The van der Waals surface area contributed by atoms with Crippen molar-refractivity contribution in [3.05, 3.63) is 76.1 Å². The number of aryl methyl sites for hydroxylation is 1. The minimum absolute atomic E-state index is 0.0206. The molecule has 168 valence electrons. The van der Waals surface area contributed by atoms with E-state index in [0.717, 1.165) is 12.1 Å². The molecular weight excluding hydrogens is 444 g/mol. The number of nitriles is 1. The van der Waals surface area contributed by atoms with Gasteiger partial charge in [0.15, 0.2) is 17.2 Å². The molecule has 0 bridgehead atoms. The highest BCUT2D eigenvalue weighted by Crippen LogP contribution is 2.39. The maximum atomic E-state index is 14.8. The van der Waals surface area contributed by atoms with Crippen LogP contribution in [0.15, 0.2) is 47.7 Å². The largest absolute Gasteiger partial charge is 0.490 e. The molecule has 34 heavy (non-hydrogen) atoms. The third-order valence-electron chi connectivity index (χ3n) is 6.09. The van der Waals surface area contributed by atoms with Gasteiger partial charge in [-0.1, -0.05) is 0 Å². The molecule has 0 saturated heterocycles. The van der Waals surface area contributed by atoms with E-state index < -0.39 is 23.4 Å². The summed E-state index contributed by atoms with van der Waals surface area (Å²) < 4.78 is 38.9. The number of aromatic nitrogens is 6. The fraction of sp³-hybridized carbons (Fsp3) is 0.174. The lowest BCUT2D eigenvalue weighted by atomic mass is 9.99. The third kappa shape index (κ3) is 2.75. The number of benzene rings is 2. The second kappa shape index (κ2) is 7.21. The SMILES string of the molecule is Cn1c(=O)n([C@@H]2CCOc3c(F)ccc(F)c32)c2nc(-n3cnc4ccc(C#N)cc43)ncc21. The molecule has 2 aromatic carbocycles. The predicted molar refractivity (Wildman–Crippen MR) is 117 cm³/mol. The first-order valence-electron chi connectivity index (χ1n) is 10.4. The fourth-order valence-corrected chi connectivity index (χ4v) is 4.44. The number of fused-ring (bicyclic) bond motifs is 3. The molecule has 0 amide bonds. The number of ether oxygens (including phenoxy) is 1. The van der Waals surface area contributed by atoms with E-state index in [9.17, 15) is 18.8 Å². The molecule has 0 radical (unpaired) electrons. The van der Waals surface area contributed by atoms with Crippen LogP contribution in [-0.4, -0.2) is 35.3 Å². The van der Waals surface area contributed by atoms with Crippen LogP contribution in [0.5, 0.6) is 5.75 Å². The molecule has 0 N–H and O–H groups in total. The van der Waals surface area contributed by atoms with Crippen molar-refractivity contribution < 1.29 is 13.5 Å². The Morgan fingerprint density at radius 1 is 1.15 bits per heavy atom. The Morgan fingerprint density at radius 2 is 1.97 bits per heavy atom. The van der Waals surface area contributed by atoms with Gasteiger partial charge in [-0.15, -0.1) is 0 Å². The van der Waals surface area contributed by atoms with Crippen molar-refractivity contribution in [2.45, 2.75) is 12.5 Å². The van der Waals surface area contributed by atoms with Gasteiger partial charge in [-0.25, -0.2) is 23.5 Å². The molecule has 0 unspecified atom stereocenters. The maximum absolute atomic E-state index is 14.8. The second-order valence-corrected chi connectivity index (χ2v) is 7.95. The van der Waals surface area contributed by atoms with E-state index in [-0.39, 0.29) is 35.9 Å². The molecule has 1 atom stereocenters. The number of hydrogen-bond acceptors (Lipinski definition) is 6. The Morgan fingerprint density at radius 3 is 2.79 bits per heavy atom. The Balaban J connectivity index is 1.60. The van der Waals surface area contributed by atoms with Crippen molar-refractivity contribution >= 4 is 22.2 Å². The van der Waals surface area contributed by atoms with Crippen LogP contribution in [0, 0.1) is 23.0 Å². The van der Waals surface area contributed by atoms with Crippen LogP contribution in [0.4, 0.5) is 8.78 Å². The van der Waals surface area contributed by atoms with Gasteiger partial charge in [-0.2, -0.15) is 10.2 Å². The second-order valence-electron chi connectivity index (χ2n) is 7.95. The van der Waals surface area contributed by atoms with E-state index >= 15 is 0 Å². The van der Waals surface area contributed by atoms with Crippen molar-refractivity contribution in [3.8, 4) is 17.8 Å². The summed E-state index contributed by atoms with van der Waals surface area (Å²) in [4.78, 5) is 26.6. The molecule has 4 heterocycles. The van der Waals surface area contributed by atoms with Gasteiger partial charge < -0.3 is 4.74 Å². The Labute approximate surface area is 190 Å². The summed E-state index contributed by atoms with van der Waals surface area (Å²) in [6.07, 6.45) is 3.28. The lowest BCUT2D eigenvalue weighted by molar-refractivity contribution is 0.238. The van der Waals surface area contributed by atoms with Gasteiger partial charge in [0, 0.05) is 13.5 Å². The molecule has 11 heteroatoms. The summed E-state index contributed by atoms with van der Waals surface area (Å²) in [5.74, 6) is -1.33. The first kappa shape index (κ1) is 20.0. The van der Waals surface area contributed by atoms with E-state index in [1.807, 2.05) is 0 Å². The van der Waals surface area contributed by atoms with Gasteiger partial charge in [0.05, 0.1) is 47.1 Å². The van der Waals surface area contributed by atoms with Crippen LogP contribution in [0.2, 0.25) is 0 Å². The van der Waals surface area contributed by atoms with Crippen LogP contribution in [-0.2, 0) is 7.05 Å². The maximum Gasteiger partial charge on any atom is 0.330 e. The minimum atomic E-state index is -0.817. The Hall–Kier alpha value is -4.59. The third-order valence-corrected chi connectivity index (χ3v) is 6.09.